The second kappa shape index (κ2) is 17.2. The van der Waals surface area contributed by atoms with Gasteiger partial charge in [0.05, 0.1) is 31.1 Å². The molecule has 1 fully saturated rings. The van der Waals surface area contributed by atoms with Gasteiger partial charge in [0.25, 0.3) is 5.56 Å². The van der Waals surface area contributed by atoms with Gasteiger partial charge >= 0.3 is 0 Å². The summed E-state index contributed by atoms with van der Waals surface area (Å²) in [5, 5.41) is 10.5. The summed E-state index contributed by atoms with van der Waals surface area (Å²) >= 11 is 5.97. The van der Waals surface area contributed by atoms with Crippen molar-refractivity contribution in [2.75, 3.05) is 38.7 Å². The van der Waals surface area contributed by atoms with Crippen molar-refractivity contribution >= 4 is 17.3 Å². The van der Waals surface area contributed by atoms with E-state index in [1.54, 1.807) is 25.4 Å². The van der Waals surface area contributed by atoms with Crippen molar-refractivity contribution in [3.05, 3.63) is 59.0 Å². The van der Waals surface area contributed by atoms with E-state index >= 15 is 0 Å². The van der Waals surface area contributed by atoms with Crippen molar-refractivity contribution < 1.29 is 4.74 Å². The normalized spacial score (nSPS) is 15.4. The number of allylic oxidation sites excluding steroid dienone is 2. The molecule has 0 aliphatic carbocycles. The van der Waals surface area contributed by atoms with E-state index in [0.29, 0.717) is 5.69 Å². The van der Waals surface area contributed by atoms with Crippen LogP contribution in [0.5, 0.6) is 0 Å². The van der Waals surface area contributed by atoms with Gasteiger partial charge in [0.2, 0.25) is 0 Å². The van der Waals surface area contributed by atoms with Gasteiger partial charge in [-0.05, 0) is 32.4 Å². The Morgan fingerprint density at radius 3 is 2.32 bits per heavy atom. The minimum atomic E-state index is -0.208. The topological polar surface area (TPSA) is 68.2 Å². The monoisotopic (exact) mass is 410 g/mol. The van der Waals surface area contributed by atoms with Crippen molar-refractivity contribution in [1.82, 2.24) is 15.1 Å². The number of anilines is 1. The molecule has 6 nitrogen and oxygen atoms in total. The van der Waals surface area contributed by atoms with Gasteiger partial charge in [0, 0.05) is 7.05 Å². The second-order valence-corrected chi connectivity index (χ2v) is 6.04. The lowest BCUT2D eigenvalue weighted by molar-refractivity contribution is 0.158. The highest BCUT2D eigenvalue weighted by atomic mass is 35.5. The van der Waals surface area contributed by atoms with Crippen molar-refractivity contribution in [2.45, 2.75) is 39.2 Å². The highest BCUT2D eigenvalue weighted by Crippen LogP contribution is 2.19. The minimum absolute atomic E-state index is 0.164. The predicted molar refractivity (Wildman–Crippen MR) is 121 cm³/mol. The number of rotatable bonds is 3. The van der Waals surface area contributed by atoms with Crippen LogP contribution in [0.3, 0.4) is 0 Å². The zero-order chi connectivity index (χ0) is 21.2. The van der Waals surface area contributed by atoms with Crippen LogP contribution in [0.25, 0.3) is 0 Å². The third kappa shape index (κ3) is 9.88. The van der Waals surface area contributed by atoms with Gasteiger partial charge in [-0.2, -0.15) is 5.10 Å². The first-order valence-corrected chi connectivity index (χ1v) is 10.2. The molecule has 0 atom stereocenters. The molecule has 1 saturated heterocycles. The largest absolute Gasteiger partial charge is 0.385 e. The van der Waals surface area contributed by atoms with E-state index in [9.17, 15) is 4.79 Å². The smallest absolute Gasteiger partial charge is 0.287 e. The van der Waals surface area contributed by atoms with E-state index < -0.39 is 0 Å². The Labute approximate surface area is 174 Å². The number of aromatic nitrogens is 2. The number of nitrogens with one attached hydrogen (secondary N) is 2. The fourth-order valence-electron chi connectivity index (χ4n) is 2.42. The third-order valence-electron chi connectivity index (χ3n) is 3.84. The lowest BCUT2D eigenvalue weighted by Crippen LogP contribution is -2.35. The summed E-state index contributed by atoms with van der Waals surface area (Å²) in [5.74, 6) is 0. The Hall–Kier alpha value is -1.89. The zero-order valence-corrected chi connectivity index (χ0v) is 18.2. The molecule has 3 rings (SSSR count). The Bertz CT molecular complexity index is 624. The second-order valence-electron chi connectivity index (χ2n) is 5.66. The lowest BCUT2D eigenvalue weighted by Gasteiger charge is -2.23. The summed E-state index contributed by atoms with van der Waals surface area (Å²) in [4.78, 5) is 12.0. The van der Waals surface area contributed by atoms with E-state index in [4.69, 9.17) is 16.3 Å². The number of ether oxygens (including phenoxy) is 1. The third-order valence-corrected chi connectivity index (χ3v) is 4.21. The van der Waals surface area contributed by atoms with Crippen molar-refractivity contribution in [1.29, 1.82) is 0 Å². The molecule has 0 saturated carbocycles. The van der Waals surface area contributed by atoms with Gasteiger partial charge in [0.1, 0.15) is 5.02 Å². The van der Waals surface area contributed by atoms with E-state index in [1.807, 2.05) is 19.9 Å². The van der Waals surface area contributed by atoms with Crippen molar-refractivity contribution in [3.8, 4) is 0 Å². The highest BCUT2D eigenvalue weighted by Gasteiger charge is 2.19. The van der Waals surface area contributed by atoms with Crippen LogP contribution >= 0.6 is 11.6 Å². The average Bonchev–Trinajstić information content (AvgIpc) is 2.79. The molecule has 7 heteroatoms. The SMILES string of the molecule is C1=CCOCC1.C=CC=C.CC.CNc1cnn(C2CCNCC2)c(=O)c1Cl. The number of halogens is 1. The summed E-state index contributed by atoms with van der Waals surface area (Å²) in [7, 11) is 1.72. The van der Waals surface area contributed by atoms with Crippen LogP contribution in [0.2, 0.25) is 5.02 Å². The molecule has 2 aliphatic heterocycles. The Kier molecular flexibility index (Phi) is 16.1. The molecule has 1 aromatic rings. The first-order chi connectivity index (χ1) is 13.7. The maximum atomic E-state index is 12.0. The first-order valence-electron chi connectivity index (χ1n) is 9.77. The van der Waals surface area contributed by atoms with Crippen LogP contribution in [0.1, 0.15) is 39.2 Å². The van der Waals surface area contributed by atoms with E-state index in [0.717, 1.165) is 45.6 Å². The molecule has 0 spiro atoms. The summed E-state index contributed by atoms with van der Waals surface area (Å²) < 4.78 is 6.49. The molecular weight excluding hydrogens is 376 g/mol. The van der Waals surface area contributed by atoms with Gasteiger partial charge in [-0.25, -0.2) is 4.68 Å². The maximum Gasteiger partial charge on any atom is 0.287 e. The molecule has 1 aromatic heterocycles. The van der Waals surface area contributed by atoms with Gasteiger partial charge < -0.3 is 15.4 Å². The number of hydrogen-bond acceptors (Lipinski definition) is 5. The molecule has 0 aromatic carbocycles. The van der Waals surface area contributed by atoms with Gasteiger partial charge in [-0.1, -0.05) is 62.9 Å². The Balaban J connectivity index is 0.000000500. The van der Waals surface area contributed by atoms with Crippen molar-refractivity contribution in [3.63, 3.8) is 0 Å². The predicted octanol–water partition coefficient (Wildman–Crippen LogP) is 4.21. The highest BCUT2D eigenvalue weighted by molar-refractivity contribution is 6.32. The summed E-state index contributed by atoms with van der Waals surface area (Å²) in [6.45, 7) is 14.3. The molecule has 28 heavy (non-hydrogen) atoms. The van der Waals surface area contributed by atoms with E-state index in [1.165, 1.54) is 4.68 Å². The van der Waals surface area contributed by atoms with Crippen LogP contribution in [-0.2, 0) is 4.74 Å². The van der Waals surface area contributed by atoms with Crippen LogP contribution in [0, 0.1) is 0 Å². The molecule has 2 aliphatic rings. The molecule has 0 bridgehead atoms. The molecule has 0 radical (unpaired) electrons. The van der Waals surface area contributed by atoms with Crippen molar-refractivity contribution in [2.24, 2.45) is 0 Å². The van der Waals surface area contributed by atoms with Gasteiger partial charge in [0.15, 0.2) is 0 Å². The van der Waals surface area contributed by atoms with E-state index in [2.05, 4.69) is 35.0 Å². The molecular formula is C21H35ClN4O2. The first kappa shape index (κ1) is 26.1. The molecule has 158 valence electrons. The van der Waals surface area contributed by atoms with E-state index in [-0.39, 0.29) is 16.6 Å². The fourth-order valence-corrected chi connectivity index (χ4v) is 2.65. The summed E-state index contributed by atoms with van der Waals surface area (Å²) in [5.41, 5.74) is 0.372. The van der Waals surface area contributed by atoms with Gasteiger partial charge in [-0.15, -0.1) is 0 Å². The maximum absolute atomic E-state index is 12.0. The molecule has 0 amide bonds. The molecule has 0 unspecified atom stereocenters. The minimum Gasteiger partial charge on any atom is -0.385 e. The number of piperidine rings is 1. The average molecular weight is 411 g/mol. The van der Waals surface area contributed by atoms with Crippen LogP contribution in [0.4, 0.5) is 5.69 Å². The van der Waals surface area contributed by atoms with Gasteiger partial charge in [-0.3, -0.25) is 4.79 Å². The Morgan fingerprint density at radius 1 is 1.29 bits per heavy atom. The van der Waals surface area contributed by atoms with Crippen LogP contribution < -0.4 is 16.2 Å². The van der Waals surface area contributed by atoms with Crippen LogP contribution in [0.15, 0.2) is 48.5 Å². The summed E-state index contributed by atoms with van der Waals surface area (Å²) in [6, 6.07) is 0.164. The zero-order valence-electron chi connectivity index (χ0n) is 17.4. The molecule has 3 heterocycles. The number of hydrogen-bond donors (Lipinski definition) is 2. The lowest BCUT2D eigenvalue weighted by atomic mass is 10.1. The van der Waals surface area contributed by atoms with Crippen LogP contribution in [-0.4, -0.2) is 43.1 Å². The summed E-state index contributed by atoms with van der Waals surface area (Å²) in [6.07, 6.45) is 12.0. The fraction of sp³-hybridized carbons (Fsp3) is 0.524. The molecule has 2 N–H and O–H groups in total. The Morgan fingerprint density at radius 2 is 1.93 bits per heavy atom. The standard InChI is InChI=1S/C10H15ClN4O.C5H8O.C4H6.C2H6/c1-12-8-6-14-15(10(16)9(8)11)7-2-4-13-5-3-7;1-2-4-6-5-3-1;1-3-4-2;1-2/h6-7,12-13H,2-5H2,1H3;1-2H,3-5H2;3-4H,1-2H2;1-2H3. The number of nitrogens with zero attached hydrogens (tertiary/aromatic N) is 2. The quantitative estimate of drug-likeness (QED) is 0.577.